The molecule has 5 rings (SSSR count). The van der Waals surface area contributed by atoms with Gasteiger partial charge in [0.25, 0.3) is 5.91 Å². The van der Waals surface area contributed by atoms with Gasteiger partial charge in [-0.1, -0.05) is 30.3 Å². The summed E-state index contributed by atoms with van der Waals surface area (Å²) in [7, 11) is -4.11. The first-order valence-corrected chi connectivity index (χ1v) is 12.6. The molecule has 0 aliphatic carbocycles. The van der Waals surface area contributed by atoms with Crippen molar-refractivity contribution in [1.82, 2.24) is 0 Å². The van der Waals surface area contributed by atoms with Crippen LogP contribution >= 0.6 is 0 Å². The fourth-order valence-electron chi connectivity index (χ4n) is 4.34. The molecule has 8 nitrogen and oxygen atoms in total. The van der Waals surface area contributed by atoms with E-state index in [1.165, 1.54) is 6.07 Å². The molecule has 0 N–H and O–H groups in total. The largest absolute Gasteiger partial charge is 0.494 e. The van der Waals surface area contributed by atoms with Gasteiger partial charge < -0.3 is 9.64 Å². The minimum absolute atomic E-state index is 0.0257. The molecule has 0 saturated carbocycles. The number of carbonyl (C=O) groups excluding carboxylic acids is 2. The molecule has 0 radical (unpaired) electrons. The number of aliphatic imine (C=N–C) groups is 2. The Morgan fingerprint density at radius 1 is 1.03 bits per heavy atom. The van der Waals surface area contributed by atoms with Gasteiger partial charge in [0.15, 0.2) is 5.04 Å². The van der Waals surface area contributed by atoms with Crippen LogP contribution in [0.15, 0.2) is 81.6 Å². The van der Waals surface area contributed by atoms with Crippen molar-refractivity contribution in [3.63, 3.8) is 0 Å². The summed E-state index contributed by atoms with van der Waals surface area (Å²) in [5, 5.41) is -0.389. The average molecular weight is 488 g/mol. The van der Waals surface area contributed by atoms with Crippen LogP contribution in [0.3, 0.4) is 0 Å². The Hall–Kier alpha value is -4.11. The van der Waals surface area contributed by atoms with Gasteiger partial charge >= 0.3 is 6.03 Å². The minimum atomic E-state index is -4.11. The third-order valence-electron chi connectivity index (χ3n) is 5.90. The summed E-state index contributed by atoms with van der Waals surface area (Å²) in [4.78, 5) is 33.5. The summed E-state index contributed by atoms with van der Waals surface area (Å²) in [5.41, 5.74) is 3.10. The fraction of sp³-hybridized carbons (Fsp3) is 0.154. The second-order valence-electron chi connectivity index (χ2n) is 7.96. The van der Waals surface area contributed by atoms with Crippen molar-refractivity contribution in [3.8, 4) is 16.9 Å². The standard InChI is InChI=1S/C26H21N3O5S/c1-2-34-19-10-8-18(9-11-19)25(30)29-15-14-20-21(29)12-13-22(24(20)17-6-4-3-5-7-17)35(32,33)23-16-27-26(31)28-23/h3-13,16H,2,14-15H2,1H3. The van der Waals surface area contributed by atoms with Crippen LogP contribution < -0.4 is 9.64 Å². The van der Waals surface area contributed by atoms with Gasteiger partial charge in [-0.15, -0.1) is 0 Å². The van der Waals surface area contributed by atoms with Gasteiger partial charge in [0.2, 0.25) is 9.84 Å². The first-order valence-electron chi connectivity index (χ1n) is 11.1. The molecule has 2 aliphatic rings. The molecule has 0 spiro atoms. The summed E-state index contributed by atoms with van der Waals surface area (Å²) in [6, 6.07) is 18.3. The molecule has 3 aromatic rings. The number of hydrogen-bond donors (Lipinski definition) is 0. The van der Waals surface area contributed by atoms with E-state index in [9.17, 15) is 18.0 Å². The lowest BCUT2D eigenvalue weighted by Gasteiger charge is -2.20. The molecule has 9 heteroatoms. The zero-order valence-electron chi connectivity index (χ0n) is 18.8. The number of rotatable bonds is 5. The smallest absolute Gasteiger partial charge is 0.368 e. The SMILES string of the molecule is CCOc1ccc(C(=O)N2CCc3c2ccc(S(=O)(=O)C2=NC(=O)N=C2)c3-c2ccccc2)cc1. The quantitative estimate of drug-likeness (QED) is 0.533. The number of nitrogens with zero attached hydrogens (tertiary/aromatic N) is 3. The predicted molar refractivity (Wildman–Crippen MR) is 133 cm³/mol. The molecular weight excluding hydrogens is 466 g/mol. The van der Waals surface area contributed by atoms with Crippen LogP contribution in [-0.2, 0) is 16.3 Å². The molecule has 2 heterocycles. The zero-order chi connectivity index (χ0) is 24.6. The van der Waals surface area contributed by atoms with Crippen molar-refractivity contribution in [2.75, 3.05) is 18.1 Å². The molecule has 3 amide bonds. The number of carbonyl (C=O) groups is 2. The summed E-state index contributed by atoms with van der Waals surface area (Å²) in [6.07, 6.45) is 1.45. The number of benzene rings is 3. The highest BCUT2D eigenvalue weighted by Gasteiger charge is 2.34. The third kappa shape index (κ3) is 4.04. The normalized spacial score (nSPS) is 14.7. The van der Waals surface area contributed by atoms with E-state index in [2.05, 4.69) is 9.98 Å². The first kappa shape index (κ1) is 22.7. The highest BCUT2D eigenvalue weighted by Crippen LogP contribution is 2.41. The van der Waals surface area contributed by atoms with Crippen LogP contribution in [0.5, 0.6) is 5.75 Å². The predicted octanol–water partition coefficient (Wildman–Crippen LogP) is 4.33. The number of amides is 3. The Morgan fingerprint density at radius 3 is 2.43 bits per heavy atom. The monoisotopic (exact) mass is 487 g/mol. The van der Waals surface area contributed by atoms with E-state index in [0.717, 1.165) is 11.8 Å². The summed E-state index contributed by atoms with van der Waals surface area (Å²) < 4.78 is 32.3. The van der Waals surface area contributed by atoms with Crippen molar-refractivity contribution in [3.05, 3.63) is 77.9 Å². The van der Waals surface area contributed by atoms with Crippen molar-refractivity contribution < 1.29 is 22.7 Å². The van der Waals surface area contributed by atoms with E-state index in [4.69, 9.17) is 4.74 Å². The molecule has 0 fully saturated rings. The van der Waals surface area contributed by atoms with Crippen LogP contribution in [0.4, 0.5) is 10.5 Å². The van der Waals surface area contributed by atoms with E-state index < -0.39 is 15.9 Å². The maximum atomic E-state index is 13.4. The van der Waals surface area contributed by atoms with Gasteiger partial charge in [-0.25, -0.2) is 13.2 Å². The molecule has 0 saturated heterocycles. The minimum Gasteiger partial charge on any atom is -0.494 e. The second-order valence-corrected chi connectivity index (χ2v) is 9.83. The Balaban J connectivity index is 1.61. The Bertz CT molecular complexity index is 1490. The first-order chi connectivity index (χ1) is 16.9. The third-order valence-corrected chi connectivity index (χ3v) is 7.57. The summed E-state index contributed by atoms with van der Waals surface area (Å²) in [6.45, 7) is 2.83. The number of hydrogen-bond acceptors (Lipinski definition) is 5. The van der Waals surface area contributed by atoms with Crippen LogP contribution in [0.2, 0.25) is 0 Å². The Morgan fingerprint density at radius 2 is 1.77 bits per heavy atom. The van der Waals surface area contributed by atoms with Crippen molar-refractivity contribution >= 4 is 38.7 Å². The molecule has 0 aromatic heterocycles. The van der Waals surface area contributed by atoms with Gasteiger partial charge in [-0.05, 0) is 60.9 Å². The molecule has 3 aromatic carbocycles. The number of anilines is 1. The van der Waals surface area contributed by atoms with Crippen molar-refractivity contribution in [2.45, 2.75) is 18.2 Å². The number of fused-ring (bicyclic) bond motifs is 1. The Labute approximate surface area is 202 Å². The van der Waals surface area contributed by atoms with E-state index in [1.54, 1.807) is 35.2 Å². The zero-order valence-corrected chi connectivity index (χ0v) is 19.7. The van der Waals surface area contributed by atoms with Gasteiger partial charge in [0.05, 0.1) is 17.7 Å². The lowest BCUT2D eigenvalue weighted by molar-refractivity contribution is 0.0989. The fourth-order valence-corrected chi connectivity index (χ4v) is 5.71. The van der Waals surface area contributed by atoms with E-state index in [-0.39, 0.29) is 15.8 Å². The van der Waals surface area contributed by atoms with Crippen LogP contribution in [0.1, 0.15) is 22.8 Å². The van der Waals surface area contributed by atoms with Crippen LogP contribution in [0.25, 0.3) is 11.1 Å². The molecular formula is C26H21N3O5S. The lowest BCUT2D eigenvalue weighted by atomic mass is 9.97. The van der Waals surface area contributed by atoms with Crippen molar-refractivity contribution in [2.24, 2.45) is 9.98 Å². The van der Waals surface area contributed by atoms with Crippen molar-refractivity contribution in [1.29, 1.82) is 0 Å². The average Bonchev–Trinajstić information content (AvgIpc) is 3.51. The van der Waals surface area contributed by atoms with E-state index in [0.29, 0.717) is 47.7 Å². The number of ether oxygens (including phenoxy) is 1. The molecule has 35 heavy (non-hydrogen) atoms. The number of urea groups is 1. The van der Waals surface area contributed by atoms with Gasteiger partial charge in [-0.2, -0.15) is 9.98 Å². The molecule has 0 bridgehead atoms. The summed E-state index contributed by atoms with van der Waals surface area (Å²) >= 11 is 0. The maximum absolute atomic E-state index is 13.4. The van der Waals surface area contributed by atoms with Gasteiger partial charge in [-0.3, -0.25) is 4.79 Å². The van der Waals surface area contributed by atoms with E-state index in [1.807, 2.05) is 37.3 Å². The maximum Gasteiger partial charge on any atom is 0.368 e. The molecule has 176 valence electrons. The highest BCUT2D eigenvalue weighted by atomic mass is 32.2. The topological polar surface area (TPSA) is 105 Å². The summed E-state index contributed by atoms with van der Waals surface area (Å²) in [5.74, 6) is 0.503. The second kappa shape index (κ2) is 8.92. The molecule has 2 aliphatic heterocycles. The lowest BCUT2D eigenvalue weighted by Crippen LogP contribution is -2.28. The van der Waals surface area contributed by atoms with E-state index >= 15 is 0 Å². The highest BCUT2D eigenvalue weighted by molar-refractivity contribution is 8.08. The van der Waals surface area contributed by atoms with Gasteiger partial charge in [0, 0.05) is 23.4 Å². The number of sulfone groups is 1. The van der Waals surface area contributed by atoms with Crippen LogP contribution in [-0.4, -0.2) is 44.8 Å². The Kier molecular flexibility index (Phi) is 5.78. The molecule has 0 atom stereocenters. The van der Waals surface area contributed by atoms with Crippen LogP contribution in [0, 0.1) is 0 Å². The van der Waals surface area contributed by atoms with Gasteiger partial charge in [0.1, 0.15) is 5.75 Å². The molecule has 0 unspecified atom stereocenters.